The summed E-state index contributed by atoms with van der Waals surface area (Å²) in [5.41, 5.74) is 3.55. The van der Waals surface area contributed by atoms with Crippen molar-refractivity contribution >= 4 is 35.5 Å². The Kier molecular flexibility index (Phi) is 8.17. The highest BCUT2D eigenvalue weighted by molar-refractivity contribution is 7.98. The van der Waals surface area contributed by atoms with Crippen LogP contribution in [0.3, 0.4) is 0 Å². The minimum atomic E-state index is -0.339. The largest absolute Gasteiger partial charge is 0.493 e. The fourth-order valence-corrected chi connectivity index (χ4v) is 4.87. The second-order valence-electron chi connectivity index (χ2n) is 7.97. The number of amides is 2. The molecule has 188 valence electrons. The van der Waals surface area contributed by atoms with E-state index < -0.39 is 0 Å². The van der Waals surface area contributed by atoms with Crippen molar-refractivity contribution in [1.29, 1.82) is 0 Å². The van der Waals surface area contributed by atoms with Gasteiger partial charge in [-0.25, -0.2) is 4.68 Å². The van der Waals surface area contributed by atoms with Crippen LogP contribution in [-0.4, -0.2) is 42.9 Å². The number of fused-ring (bicyclic) bond motifs is 1. The van der Waals surface area contributed by atoms with Crippen molar-refractivity contribution in [3.63, 3.8) is 0 Å². The number of carbonyl (C=O) groups excluding carboxylic acids is 2. The molecule has 0 aliphatic carbocycles. The average molecular weight is 509 g/mol. The molecule has 0 fully saturated rings. The molecule has 1 aromatic heterocycles. The Morgan fingerprint density at radius 2 is 1.78 bits per heavy atom. The van der Waals surface area contributed by atoms with Crippen LogP contribution in [0.1, 0.15) is 22.4 Å². The van der Waals surface area contributed by atoms with Gasteiger partial charge in [0, 0.05) is 29.7 Å². The highest BCUT2D eigenvalue weighted by atomic mass is 32.2. The predicted octanol–water partition coefficient (Wildman–Crippen LogP) is 3.62. The number of hydrogen-bond acceptors (Lipinski definition) is 7. The molecule has 9 nitrogen and oxygen atoms in total. The molecule has 2 aromatic carbocycles. The summed E-state index contributed by atoms with van der Waals surface area (Å²) in [6.07, 6.45) is 3.07. The first kappa shape index (κ1) is 25.2. The number of ether oxygens (including phenoxy) is 3. The molecular weight excluding hydrogens is 480 g/mol. The third-order valence-electron chi connectivity index (χ3n) is 5.60. The van der Waals surface area contributed by atoms with E-state index in [0.29, 0.717) is 35.2 Å². The SMILES string of the molecule is COc1cc(/C=C\C(=O)Nc2c3c(nn2CC(=O)NCc2ccccc2)CSC3)cc(OC)c1OC. The lowest BCUT2D eigenvalue weighted by Crippen LogP contribution is -2.28. The summed E-state index contributed by atoms with van der Waals surface area (Å²) < 4.78 is 17.6. The number of benzene rings is 2. The molecule has 0 bridgehead atoms. The Balaban J connectivity index is 1.47. The van der Waals surface area contributed by atoms with E-state index in [0.717, 1.165) is 28.3 Å². The Bertz CT molecular complexity index is 1250. The van der Waals surface area contributed by atoms with Gasteiger partial charge in [0.2, 0.25) is 17.6 Å². The monoisotopic (exact) mass is 508 g/mol. The predicted molar refractivity (Wildman–Crippen MR) is 139 cm³/mol. The first-order valence-electron chi connectivity index (χ1n) is 11.3. The van der Waals surface area contributed by atoms with Crippen LogP contribution in [0.15, 0.2) is 48.5 Å². The molecule has 36 heavy (non-hydrogen) atoms. The first-order chi connectivity index (χ1) is 17.5. The third kappa shape index (κ3) is 5.83. The zero-order valence-electron chi connectivity index (χ0n) is 20.4. The van der Waals surface area contributed by atoms with Crippen molar-refractivity contribution in [2.75, 3.05) is 26.6 Å². The average Bonchev–Trinajstić information content (AvgIpc) is 3.48. The molecule has 0 saturated heterocycles. The van der Waals surface area contributed by atoms with Crippen LogP contribution < -0.4 is 24.8 Å². The van der Waals surface area contributed by atoms with E-state index in [4.69, 9.17) is 14.2 Å². The number of carbonyl (C=O) groups is 2. The van der Waals surface area contributed by atoms with Gasteiger partial charge in [-0.3, -0.25) is 9.59 Å². The summed E-state index contributed by atoms with van der Waals surface area (Å²) in [5.74, 6) is 2.96. The molecular formula is C26H28N4O5S. The number of anilines is 1. The van der Waals surface area contributed by atoms with Gasteiger partial charge in [0.05, 0.1) is 27.0 Å². The maximum atomic E-state index is 12.8. The molecule has 3 aromatic rings. The highest BCUT2D eigenvalue weighted by Crippen LogP contribution is 2.38. The summed E-state index contributed by atoms with van der Waals surface area (Å²) in [4.78, 5) is 25.4. The Labute approximate surface area is 213 Å². The van der Waals surface area contributed by atoms with Gasteiger partial charge < -0.3 is 24.8 Å². The lowest BCUT2D eigenvalue weighted by Gasteiger charge is -2.13. The number of nitrogens with one attached hydrogen (secondary N) is 2. The minimum absolute atomic E-state index is 0.0106. The summed E-state index contributed by atoms with van der Waals surface area (Å²) in [6, 6.07) is 13.2. The van der Waals surface area contributed by atoms with Gasteiger partial charge in [0.15, 0.2) is 11.5 Å². The molecule has 0 spiro atoms. The second-order valence-corrected chi connectivity index (χ2v) is 8.95. The zero-order chi connectivity index (χ0) is 25.5. The first-order valence-corrected chi connectivity index (χ1v) is 12.4. The van der Waals surface area contributed by atoms with E-state index in [1.54, 1.807) is 34.7 Å². The van der Waals surface area contributed by atoms with E-state index in [2.05, 4.69) is 15.7 Å². The lowest BCUT2D eigenvalue weighted by atomic mass is 10.1. The van der Waals surface area contributed by atoms with Crippen LogP contribution in [0.4, 0.5) is 5.82 Å². The van der Waals surface area contributed by atoms with Crippen LogP contribution in [0.5, 0.6) is 17.2 Å². The highest BCUT2D eigenvalue weighted by Gasteiger charge is 2.24. The molecule has 0 saturated carbocycles. The van der Waals surface area contributed by atoms with E-state index >= 15 is 0 Å². The molecule has 0 radical (unpaired) electrons. The smallest absolute Gasteiger partial charge is 0.249 e. The van der Waals surface area contributed by atoms with Crippen molar-refractivity contribution in [3.8, 4) is 17.2 Å². The van der Waals surface area contributed by atoms with Crippen LogP contribution >= 0.6 is 11.8 Å². The molecule has 2 heterocycles. The topological polar surface area (TPSA) is 104 Å². The molecule has 2 N–H and O–H groups in total. The number of aromatic nitrogens is 2. The molecule has 0 atom stereocenters. The van der Waals surface area contributed by atoms with Crippen molar-refractivity contribution in [1.82, 2.24) is 15.1 Å². The number of hydrogen-bond donors (Lipinski definition) is 2. The van der Waals surface area contributed by atoms with Crippen molar-refractivity contribution in [2.45, 2.75) is 24.6 Å². The van der Waals surface area contributed by atoms with Gasteiger partial charge >= 0.3 is 0 Å². The summed E-state index contributed by atoms with van der Waals surface area (Å²) in [5, 5.41) is 10.4. The standard InChI is InChI=1S/C26H28N4O5S/c1-33-21-11-18(12-22(34-2)25(21)35-3)9-10-23(31)28-26-19-15-36-16-20(19)29-30(26)14-24(32)27-13-17-7-5-4-6-8-17/h4-12H,13-16H2,1-3H3,(H,27,32)(H,28,31)/b10-9-. The van der Waals surface area contributed by atoms with Crippen molar-refractivity contribution in [2.24, 2.45) is 0 Å². The summed E-state index contributed by atoms with van der Waals surface area (Å²) in [7, 11) is 4.60. The lowest BCUT2D eigenvalue weighted by molar-refractivity contribution is -0.122. The third-order valence-corrected chi connectivity index (χ3v) is 6.57. The molecule has 4 rings (SSSR count). The Morgan fingerprint density at radius 3 is 2.44 bits per heavy atom. The van der Waals surface area contributed by atoms with Gasteiger partial charge in [-0.05, 0) is 29.3 Å². The molecule has 0 unspecified atom stereocenters. The zero-order valence-corrected chi connectivity index (χ0v) is 21.2. The van der Waals surface area contributed by atoms with E-state index in [1.807, 2.05) is 30.3 Å². The van der Waals surface area contributed by atoms with Gasteiger partial charge in [-0.15, -0.1) is 0 Å². The van der Waals surface area contributed by atoms with E-state index in [9.17, 15) is 9.59 Å². The maximum absolute atomic E-state index is 12.8. The normalized spacial score (nSPS) is 12.3. The van der Waals surface area contributed by atoms with E-state index in [1.165, 1.54) is 27.4 Å². The molecule has 1 aliphatic heterocycles. The molecule has 10 heteroatoms. The minimum Gasteiger partial charge on any atom is -0.493 e. The van der Waals surface area contributed by atoms with Crippen molar-refractivity contribution < 1.29 is 23.8 Å². The number of nitrogens with zero attached hydrogens (tertiary/aromatic N) is 2. The van der Waals surface area contributed by atoms with Crippen LogP contribution in [0.2, 0.25) is 0 Å². The van der Waals surface area contributed by atoms with E-state index in [-0.39, 0.29) is 18.4 Å². The number of rotatable bonds is 10. The van der Waals surface area contributed by atoms with Gasteiger partial charge in [-0.2, -0.15) is 16.9 Å². The summed E-state index contributed by atoms with van der Waals surface area (Å²) >= 11 is 1.72. The second kappa shape index (κ2) is 11.7. The quantitative estimate of drug-likeness (QED) is 0.403. The summed E-state index contributed by atoms with van der Waals surface area (Å²) in [6.45, 7) is 0.437. The Hall–Kier alpha value is -3.92. The fourth-order valence-electron chi connectivity index (χ4n) is 3.84. The fraction of sp³-hybridized carbons (Fsp3) is 0.269. The van der Waals surface area contributed by atoms with Gasteiger partial charge in [0.25, 0.3) is 0 Å². The maximum Gasteiger partial charge on any atom is 0.249 e. The van der Waals surface area contributed by atoms with Crippen LogP contribution in [-0.2, 0) is 34.2 Å². The van der Waals surface area contributed by atoms with Gasteiger partial charge in [-0.1, -0.05) is 30.3 Å². The van der Waals surface area contributed by atoms with Crippen LogP contribution in [0, 0.1) is 0 Å². The molecule has 2 amide bonds. The van der Waals surface area contributed by atoms with Gasteiger partial charge in [0.1, 0.15) is 12.4 Å². The number of methoxy groups -OCH3 is 3. The van der Waals surface area contributed by atoms with Crippen LogP contribution in [0.25, 0.3) is 6.08 Å². The molecule has 1 aliphatic rings. The van der Waals surface area contributed by atoms with Crippen molar-refractivity contribution in [3.05, 3.63) is 70.9 Å². The Morgan fingerprint density at radius 1 is 1.06 bits per heavy atom. The number of thioether (sulfide) groups is 1.